The fourth-order valence-corrected chi connectivity index (χ4v) is 5.10. The topological polar surface area (TPSA) is 75.7 Å². The predicted octanol–water partition coefficient (Wildman–Crippen LogP) is 2.04. The minimum atomic E-state index is -0.647. The molecule has 2 aliphatic rings. The number of thioether (sulfide) groups is 1. The highest BCUT2D eigenvalue weighted by molar-refractivity contribution is 8.00. The molecule has 1 aromatic carbocycles. The molecule has 2 saturated heterocycles. The van der Waals surface area contributed by atoms with Crippen molar-refractivity contribution in [1.82, 2.24) is 10.2 Å². The van der Waals surface area contributed by atoms with E-state index in [-0.39, 0.29) is 24.5 Å². The quantitative estimate of drug-likeness (QED) is 0.769. The van der Waals surface area contributed by atoms with Crippen LogP contribution in [0.3, 0.4) is 0 Å². The molecule has 3 rings (SSSR count). The molecule has 26 heavy (non-hydrogen) atoms. The van der Waals surface area contributed by atoms with Gasteiger partial charge in [0, 0.05) is 18.2 Å². The Morgan fingerprint density at radius 1 is 1.38 bits per heavy atom. The lowest BCUT2D eigenvalue weighted by Crippen LogP contribution is -2.47. The number of rotatable bonds is 6. The molecule has 6 nitrogen and oxygen atoms in total. The van der Waals surface area contributed by atoms with Crippen LogP contribution in [0.4, 0.5) is 0 Å². The number of nitrogens with one attached hydrogen (secondary N) is 1. The van der Waals surface area contributed by atoms with Crippen molar-refractivity contribution < 1.29 is 19.1 Å². The maximum atomic E-state index is 12.6. The maximum Gasteiger partial charge on any atom is 0.330 e. The van der Waals surface area contributed by atoms with Crippen LogP contribution in [0.2, 0.25) is 0 Å². The zero-order valence-electron chi connectivity index (χ0n) is 15.1. The lowest BCUT2D eigenvalue weighted by Gasteiger charge is -2.33. The maximum absolute atomic E-state index is 12.6. The summed E-state index contributed by atoms with van der Waals surface area (Å²) in [6, 6.07) is 9.19. The SMILES string of the molecule is CC[C@H](C)NC(=O)COC(=O)[C@@H]1CS[C@@]2(c3ccccc3)CCC(=O)N12. The molecule has 0 spiro atoms. The second-order valence-corrected chi connectivity index (χ2v) is 8.02. The highest BCUT2D eigenvalue weighted by Gasteiger charge is 2.57. The molecule has 2 heterocycles. The third kappa shape index (κ3) is 3.45. The van der Waals surface area contributed by atoms with E-state index < -0.39 is 16.9 Å². The van der Waals surface area contributed by atoms with Crippen LogP contribution in [0.5, 0.6) is 0 Å². The number of carbonyl (C=O) groups excluding carboxylic acids is 3. The van der Waals surface area contributed by atoms with E-state index in [4.69, 9.17) is 4.74 Å². The second kappa shape index (κ2) is 7.70. The van der Waals surface area contributed by atoms with E-state index in [9.17, 15) is 14.4 Å². The van der Waals surface area contributed by atoms with Gasteiger partial charge in [-0.25, -0.2) is 4.79 Å². The van der Waals surface area contributed by atoms with Gasteiger partial charge in [0.2, 0.25) is 5.91 Å². The standard InChI is InChI=1S/C19H24N2O4S/c1-3-13(2)20-16(22)11-25-18(24)15-12-26-19(10-9-17(23)21(15)19)14-7-5-4-6-8-14/h4-8,13,15H,3,9-12H2,1-2H3,(H,20,22)/t13-,15-,19+/m0/s1. The summed E-state index contributed by atoms with van der Waals surface area (Å²) < 4.78 is 5.21. The van der Waals surface area contributed by atoms with Gasteiger partial charge in [0.15, 0.2) is 6.61 Å². The first-order valence-corrected chi connectivity index (χ1v) is 9.94. The molecule has 2 amide bonds. The molecule has 3 atom stereocenters. The molecule has 1 aromatic rings. The third-order valence-corrected chi connectivity index (χ3v) is 6.59. The van der Waals surface area contributed by atoms with E-state index in [1.165, 1.54) is 0 Å². The number of carbonyl (C=O) groups is 3. The second-order valence-electron chi connectivity index (χ2n) is 6.73. The van der Waals surface area contributed by atoms with Crippen molar-refractivity contribution >= 4 is 29.5 Å². The summed E-state index contributed by atoms with van der Waals surface area (Å²) in [5.74, 6) is -0.387. The number of hydrogen-bond acceptors (Lipinski definition) is 5. The molecule has 140 valence electrons. The van der Waals surface area contributed by atoms with E-state index in [0.717, 1.165) is 12.0 Å². The van der Waals surface area contributed by atoms with Gasteiger partial charge in [-0.2, -0.15) is 0 Å². The number of esters is 1. The molecule has 7 heteroatoms. The average Bonchev–Trinajstić information content (AvgIpc) is 3.20. The van der Waals surface area contributed by atoms with Crippen LogP contribution in [-0.4, -0.2) is 47.1 Å². The lowest BCUT2D eigenvalue weighted by atomic mass is 10.0. The van der Waals surface area contributed by atoms with E-state index in [0.29, 0.717) is 18.6 Å². The van der Waals surface area contributed by atoms with Gasteiger partial charge in [0.1, 0.15) is 10.9 Å². The summed E-state index contributed by atoms with van der Waals surface area (Å²) in [5, 5.41) is 2.76. The molecule has 0 unspecified atom stereocenters. The van der Waals surface area contributed by atoms with Crippen LogP contribution in [0.15, 0.2) is 30.3 Å². The molecule has 0 aromatic heterocycles. The fraction of sp³-hybridized carbons (Fsp3) is 0.526. The monoisotopic (exact) mass is 376 g/mol. The zero-order chi connectivity index (χ0) is 18.7. The van der Waals surface area contributed by atoms with Crippen LogP contribution in [0.1, 0.15) is 38.7 Å². The van der Waals surface area contributed by atoms with Gasteiger partial charge >= 0.3 is 5.97 Å². The Balaban J connectivity index is 1.69. The summed E-state index contributed by atoms with van der Waals surface area (Å²) in [6.45, 7) is 3.55. The Labute approximate surface area is 157 Å². The Morgan fingerprint density at radius 3 is 2.81 bits per heavy atom. The van der Waals surface area contributed by atoms with Gasteiger partial charge < -0.3 is 15.0 Å². The van der Waals surface area contributed by atoms with Gasteiger partial charge in [0.25, 0.3) is 5.91 Å². The van der Waals surface area contributed by atoms with Crippen molar-refractivity contribution in [2.24, 2.45) is 0 Å². The highest BCUT2D eigenvalue weighted by Crippen LogP contribution is 2.54. The van der Waals surface area contributed by atoms with Crippen molar-refractivity contribution in [1.29, 1.82) is 0 Å². The highest BCUT2D eigenvalue weighted by atomic mass is 32.2. The van der Waals surface area contributed by atoms with Crippen molar-refractivity contribution in [3.63, 3.8) is 0 Å². The first-order chi connectivity index (χ1) is 12.5. The smallest absolute Gasteiger partial charge is 0.330 e. The molecular formula is C19H24N2O4S. The average molecular weight is 376 g/mol. The molecule has 2 fully saturated rings. The van der Waals surface area contributed by atoms with Gasteiger partial charge in [-0.05, 0) is 25.3 Å². The Morgan fingerprint density at radius 2 is 2.12 bits per heavy atom. The Hall–Kier alpha value is -2.02. The summed E-state index contributed by atoms with van der Waals surface area (Å²) >= 11 is 1.61. The van der Waals surface area contributed by atoms with Gasteiger partial charge in [0.05, 0.1) is 0 Å². The number of benzene rings is 1. The Bertz CT molecular complexity index is 696. The molecule has 0 saturated carbocycles. The van der Waals surface area contributed by atoms with Crippen LogP contribution in [0, 0.1) is 0 Å². The molecule has 0 aliphatic carbocycles. The summed E-state index contributed by atoms with van der Waals surface area (Å²) in [4.78, 5) is 38.1. The normalized spacial score (nSPS) is 25.7. The van der Waals surface area contributed by atoms with Crippen molar-refractivity contribution in [3.05, 3.63) is 35.9 Å². The number of hydrogen-bond donors (Lipinski definition) is 1. The van der Waals surface area contributed by atoms with E-state index >= 15 is 0 Å². The largest absolute Gasteiger partial charge is 0.454 e. The van der Waals surface area contributed by atoms with Crippen molar-refractivity contribution in [3.8, 4) is 0 Å². The van der Waals surface area contributed by atoms with E-state index in [1.807, 2.05) is 44.2 Å². The van der Waals surface area contributed by atoms with Crippen molar-refractivity contribution in [2.75, 3.05) is 12.4 Å². The summed E-state index contributed by atoms with van der Waals surface area (Å²) in [5.41, 5.74) is 1.03. The van der Waals surface area contributed by atoms with Crippen molar-refractivity contribution in [2.45, 2.75) is 50.1 Å². The van der Waals surface area contributed by atoms with Gasteiger partial charge in [-0.15, -0.1) is 11.8 Å². The van der Waals surface area contributed by atoms with E-state index in [2.05, 4.69) is 5.32 Å². The Kier molecular flexibility index (Phi) is 5.55. The molecule has 2 aliphatic heterocycles. The van der Waals surface area contributed by atoms with Crippen LogP contribution >= 0.6 is 11.8 Å². The van der Waals surface area contributed by atoms with E-state index in [1.54, 1.807) is 16.7 Å². The number of ether oxygens (including phenoxy) is 1. The fourth-order valence-electron chi connectivity index (χ4n) is 3.47. The molecule has 1 N–H and O–H groups in total. The molecule has 0 bridgehead atoms. The lowest BCUT2D eigenvalue weighted by molar-refractivity contribution is -0.156. The van der Waals surface area contributed by atoms with Gasteiger partial charge in [-0.1, -0.05) is 37.3 Å². The number of amides is 2. The zero-order valence-corrected chi connectivity index (χ0v) is 15.9. The van der Waals surface area contributed by atoms with Gasteiger partial charge in [-0.3, -0.25) is 9.59 Å². The summed E-state index contributed by atoms with van der Waals surface area (Å²) in [6.07, 6.45) is 1.90. The number of fused-ring (bicyclic) bond motifs is 1. The minimum Gasteiger partial charge on any atom is -0.454 e. The molecular weight excluding hydrogens is 352 g/mol. The third-order valence-electron chi connectivity index (χ3n) is 4.99. The summed E-state index contributed by atoms with van der Waals surface area (Å²) in [7, 11) is 0. The van der Waals surface area contributed by atoms with Crippen LogP contribution < -0.4 is 5.32 Å². The van der Waals surface area contributed by atoms with Crippen LogP contribution in [0.25, 0.3) is 0 Å². The first kappa shape index (κ1) is 18.8. The first-order valence-electron chi connectivity index (χ1n) is 8.95. The minimum absolute atomic E-state index is 0.0362. The molecule has 0 radical (unpaired) electrons. The van der Waals surface area contributed by atoms with Crippen LogP contribution in [-0.2, 0) is 24.0 Å². The predicted molar refractivity (Wildman–Crippen MR) is 99.3 cm³/mol. The number of nitrogens with zero attached hydrogens (tertiary/aromatic N) is 1.